The smallest absolute Gasteiger partial charge is 0.330 e. The lowest BCUT2D eigenvalue weighted by atomic mass is 10.2. The number of carboxylic acids is 1. The highest BCUT2D eigenvalue weighted by Crippen LogP contribution is 1.93. The van der Waals surface area contributed by atoms with Gasteiger partial charge in [-0.3, -0.25) is 0 Å². The van der Waals surface area contributed by atoms with Gasteiger partial charge < -0.3 is 10.8 Å². The van der Waals surface area contributed by atoms with E-state index < -0.39 is 5.97 Å². The third-order valence-corrected chi connectivity index (χ3v) is 0.896. The van der Waals surface area contributed by atoms with E-state index in [2.05, 4.69) is 13.2 Å². The van der Waals surface area contributed by atoms with Gasteiger partial charge in [-0.25, -0.2) is 4.79 Å². The van der Waals surface area contributed by atoms with Gasteiger partial charge in [0.25, 0.3) is 0 Å². The zero-order chi connectivity index (χ0) is 9.28. The number of nitrogens with two attached hydrogens (primary N) is 1. The molecule has 0 heterocycles. The molecule has 0 aliphatic carbocycles. The van der Waals surface area contributed by atoms with Gasteiger partial charge in [0.1, 0.15) is 0 Å². The van der Waals surface area contributed by atoms with E-state index in [-0.39, 0.29) is 5.57 Å². The van der Waals surface area contributed by atoms with Crippen LogP contribution < -0.4 is 5.73 Å². The Morgan fingerprint density at radius 1 is 1.73 bits per heavy atom. The summed E-state index contributed by atoms with van der Waals surface area (Å²) in [5.41, 5.74) is 5.17. The van der Waals surface area contributed by atoms with Gasteiger partial charge in [0.15, 0.2) is 0 Å². The Hall–Kier alpha value is -1.09. The fraction of sp³-hybridized carbons (Fsp3) is 0.375. The molecule has 0 radical (unpaired) electrons. The Labute approximate surface area is 67.2 Å². The second kappa shape index (κ2) is 8.91. The summed E-state index contributed by atoms with van der Waals surface area (Å²) in [4.78, 5) is 9.83. The molecule has 0 rings (SSSR count). The Kier molecular flexibility index (Phi) is 10.2. The predicted octanol–water partition coefficient (Wildman–Crippen LogP) is 1.17. The molecule has 0 fully saturated rings. The maximum Gasteiger partial charge on any atom is 0.330 e. The Bertz CT molecular complexity index is 141. The van der Waals surface area contributed by atoms with Gasteiger partial charge in [0.2, 0.25) is 0 Å². The zero-order valence-electron chi connectivity index (χ0n) is 6.84. The van der Waals surface area contributed by atoms with E-state index >= 15 is 0 Å². The van der Waals surface area contributed by atoms with E-state index in [1.807, 2.05) is 0 Å². The highest BCUT2D eigenvalue weighted by Gasteiger charge is 1.96. The topological polar surface area (TPSA) is 63.3 Å². The van der Waals surface area contributed by atoms with Crippen molar-refractivity contribution in [2.24, 2.45) is 5.73 Å². The van der Waals surface area contributed by atoms with Crippen molar-refractivity contribution >= 4 is 5.97 Å². The first-order valence-corrected chi connectivity index (χ1v) is 3.32. The highest BCUT2D eigenvalue weighted by molar-refractivity contribution is 5.85. The maximum absolute atomic E-state index is 9.83. The van der Waals surface area contributed by atoms with Crippen LogP contribution in [0.5, 0.6) is 0 Å². The normalized spacial score (nSPS) is 7.45. The fourth-order valence-corrected chi connectivity index (χ4v) is 0.151. The minimum atomic E-state index is -0.900. The SMILES string of the molecule is C=C(CC)C(=O)O.C=CCN. The first-order valence-electron chi connectivity index (χ1n) is 3.32. The molecule has 0 saturated carbocycles. The predicted molar refractivity (Wildman–Crippen MR) is 46.3 cm³/mol. The van der Waals surface area contributed by atoms with E-state index in [0.717, 1.165) is 0 Å². The summed E-state index contributed by atoms with van der Waals surface area (Å²) in [6, 6.07) is 0. The van der Waals surface area contributed by atoms with Crippen molar-refractivity contribution in [3.05, 3.63) is 24.8 Å². The lowest BCUT2D eigenvalue weighted by Gasteiger charge is -1.87. The number of carboxylic acid groups (broad SMARTS) is 1. The minimum absolute atomic E-state index is 0.264. The second-order valence-electron chi connectivity index (χ2n) is 1.79. The van der Waals surface area contributed by atoms with Crippen molar-refractivity contribution < 1.29 is 9.90 Å². The number of hydrogen-bond donors (Lipinski definition) is 2. The zero-order valence-corrected chi connectivity index (χ0v) is 6.84. The van der Waals surface area contributed by atoms with Gasteiger partial charge in [0.05, 0.1) is 0 Å². The van der Waals surface area contributed by atoms with Crippen molar-refractivity contribution in [3.8, 4) is 0 Å². The maximum atomic E-state index is 9.83. The Morgan fingerprint density at radius 2 is 2.09 bits per heavy atom. The van der Waals surface area contributed by atoms with E-state index in [9.17, 15) is 4.79 Å². The lowest BCUT2D eigenvalue weighted by Crippen LogP contribution is -1.95. The van der Waals surface area contributed by atoms with Crippen LogP contribution in [0.2, 0.25) is 0 Å². The van der Waals surface area contributed by atoms with Gasteiger partial charge in [0, 0.05) is 12.1 Å². The Balaban J connectivity index is 0. The first kappa shape index (κ1) is 12.6. The molecule has 11 heavy (non-hydrogen) atoms. The molecule has 3 nitrogen and oxygen atoms in total. The van der Waals surface area contributed by atoms with E-state index in [1.54, 1.807) is 13.0 Å². The van der Waals surface area contributed by atoms with Crippen LogP contribution in [0.25, 0.3) is 0 Å². The molecule has 0 spiro atoms. The van der Waals surface area contributed by atoms with Crippen molar-refractivity contribution in [2.45, 2.75) is 13.3 Å². The molecule has 0 amide bonds. The molecule has 0 aromatic rings. The molecule has 0 aliphatic rings. The van der Waals surface area contributed by atoms with Crippen molar-refractivity contribution in [3.63, 3.8) is 0 Å². The monoisotopic (exact) mass is 157 g/mol. The van der Waals surface area contributed by atoms with Crippen LogP contribution in [-0.2, 0) is 4.79 Å². The number of carbonyl (C=O) groups is 1. The van der Waals surface area contributed by atoms with Crippen LogP contribution in [0.15, 0.2) is 24.8 Å². The van der Waals surface area contributed by atoms with Crippen molar-refractivity contribution in [1.29, 1.82) is 0 Å². The summed E-state index contributed by atoms with van der Waals surface area (Å²) < 4.78 is 0. The van der Waals surface area contributed by atoms with E-state index in [0.29, 0.717) is 13.0 Å². The molecule has 0 bridgehead atoms. The number of rotatable bonds is 3. The molecule has 3 heteroatoms. The van der Waals surface area contributed by atoms with Gasteiger partial charge in [-0.15, -0.1) is 6.58 Å². The first-order chi connectivity index (χ1) is 5.09. The van der Waals surface area contributed by atoms with E-state index in [1.165, 1.54) is 0 Å². The van der Waals surface area contributed by atoms with Crippen molar-refractivity contribution in [2.75, 3.05) is 6.54 Å². The molecule has 0 atom stereocenters. The average molecular weight is 157 g/mol. The number of hydrogen-bond acceptors (Lipinski definition) is 2. The van der Waals surface area contributed by atoms with Gasteiger partial charge in [-0.1, -0.05) is 19.6 Å². The summed E-state index contributed by atoms with van der Waals surface area (Å²) in [7, 11) is 0. The highest BCUT2D eigenvalue weighted by atomic mass is 16.4. The molecule has 0 saturated heterocycles. The van der Waals surface area contributed by atoms with Crippen LogP contribution >= 0.6 is 0 Å². The molecule has 0 aromatic heterocycles. The van der Waals surface area contributed by atoms with Gasteiger partial charge in [-0.05, 0) is 6.42 Å². The standard InChI is InChI=1S/C5H8O2.C3H7N/c1-3-4(2)5(6)7;1-2-3-4/h2-3H2,1H3,(H,6,7);2H,1,3-4H2. The summed E-state index contributed by atoms with van der Waals surface area (Å²) in [6.07, 6.45) is 2.18. The van der Waals surface area contributed by atoms with Crippen LogP contribution in [0.4, 0.5) is 0 Å². The van der Waals surface area contributed by atoms with Crippen LogP contribution in [0, 0.1) is 0 Å². The van der Waals surface area contributed by atoms with E-state index in [4.69, 9.17) is 10.8 Å². The fourth-order valence-electron chi connectivity index (χ4n) is 0.151. The Morgan fingerprint density at radius 3 is 2.09 bits per heavy atom. The van der Waals surface area contributed by atoms with Crippen LogP contribution in [0.3, 0.4) is 0 Å². The quantitative estimate of drug-likeness (QED) is 0.477. The minimum Gasteiger partial charge on any atom is -0.478 e. The van der Waals surface area contributed by atoms with Gasteiger partial charge >= 0.3 is 5.97 Å². The second-order valence-corrected chi connectivity index (χ2v) is 1.79. The molecule has 0 unspecified atom stereocenters. The third-order valence-electron chi connectivity index (χ3n) is 0.896. The lowest BCUT2D eigenvalue weighted by molar-refractivity contribution is -0.132. The summed E-state index contributed by atoms with van der Waals surface area (Å²) >= 11 is 0. The largest absolute Gasteiger partial charge is 0.478 e. The molecule has 64 valence electrons. The third kappa shape index (κ3) is 12.2. The molecular weight excluding hydrogens is 142 g/mol. The molecule has 0 aromatic carbocycles. The average Bonchev–Trinajstić information content (AvgIpc) is 2.03. The van der Waals surface area contributed by atoms with Gasteiger partial charge in [-0.2, -0.15) is 0 Å². The number of aliphatic carboxylic acids is 1. The van der Waals surface area contributed by atoms with Crippen molar-refractivity contribution in [1.82, 2.24) is 0 Å². The molecule has 0 aliphatic heterocycles. The van der Waals surface area contributed by atoms with Crippen LogP contribution in [-0.4, -0.2) is 17.6 Å². The summed E-state index contributed by atoms with van der Waals surface area (Å²) in [5, 5.41) is 8.08. The summed E-state index contributed by atoms with van der Waals surface area (Å²) in [5.74, 6) is -0.900. The summed E-state index contributed by atoms with van der Waals surface area (Å²) in [6.45, 7) is 8.97. The van der Waals surface area contributed by atoms with Crippen LogP contribution in [0.1, 0.15) is 13.3 Å². The molecule has 3 N–H and O–H groups in total. The molecular formula is C8H15NO2.